The van der Waals surface area contributed by atoms with Crippen LogP contribution in [0.5, 0.6) is 5.75 Å². The fraction of sp³-hybridized carbons (Fsp3) is 0.422. The van der Waals surface area contributed by atoms with Crippen molar-refractivity contribution >= 4 is 53.2 Å². The van der Waals surface area contributed by atoms with Crippen molar-refractivity contribution in [3.63, 3.8) is 0 Å². The van der Waals surface area contributed by atoms with Crippen molar-refractivity contribution in [1.82, 2.24) is 0 Å². The first kappa shape index (κ1) is 46.2. The summed E-state index contributed by atoms with van der Waals surface area (Å²) in [5, 5.41) is 3.68. The van der Waals surface area contributed by atoms with E-state index in [9.17, 15) is 24.0 Å². The van der Waals surface area contributed by atoms with E-state index in [1.807, 2.05) is 43.3 Å². The summed E-state index contributed by atoms with van der Waals surface area (Å²) >= 11 is 1.56. The quantitative estimate of drug-likeness (QED) is 0.0118. The fourth-order valence-corrected chi connectivity index (χ4v) is 5.71. The molecule has 12 heteroatoms. The second-order valence-electron chi connectivity index (χ2n) is 14.0. The molecule has 57 heavy (non-hydrogen) atoms. The number of Topliss-reactive ketones (excluding diaryl/α,β-unsaturated/α-hetero) is 1. The van der Waals surface area contributed by atoms with Crippen LogP contribution in [0.1, 0.15) is 114 Å². The summed E-state index contributed by atoms with van der Waals surface area (Å²) in [6.07, 6.45) is 10.3. The highest BCUT2D eigenvalue weighted by atomic mass is 32.2. The van der Waals surface area contributed by atoms with Gasteiger partial charge in [-0.25, -0.2) is 9.59 Å². The van der Waals surface area contributed by atoms with E-state index >= 15 is 0 Å². The summed E-state index contributed by atoms with van der Waals surface area (Å²) in [7, 11) is 0. The molecular formula is C45H55NO10S. The lowest BCUT2D eigenvalue weighted by Crippen LogP contribution is -2.27. The highest BCUT2D eigenvalue weighted by Crippen LogP contribution is 2.29. The second-order valence-corrected chi connectivity index (χ2v) is 15.1. The molecular weight excluding hydrogens is 747 g/mol. The number of hydrogen-bond donors (Lipinski definition) is 0. The highest BCUT2D eigenvalue weighted by molar-refractivity contribution is 7.99. The largest absolute Gasteiger partial charge is 0.494 e. The molecule has 0 amide bonds. The number of rotatable bonds is 25. The molecule has 0 fully saturated rings. The summed E-state index contributed by atoms with van der Waals surface area (Å²) in [5.74, 6) is -1.84. The van der Waals surface area contributed by atoms with Crippen molar-refractivity contribution in [1.29, 1.82) is 0 Å². The lowest BCUT2D eigenvalue weighted by atomic mass is 9.91. The summed E-state index contributed by atoms with van der Waals surface area (Å²) in [6.45, 7) is 9.78. The highest BCUT2D eigenvalue weighted by Gasteiger charge is 2.26. The van der Waals surface area contributed by atoms with Gasteiger partial charge in [0.1, 0.15) is 31.3 Å². The van der Waals surface area contributed by atoms with E-state index in [-0.39, 0.29) is 44.3 Å². The molecule has 0 atom stereocenters. The van der Waals surface area contributed by atoms with Gasteiger partial charge < -0.3 is 23.8 Å². The number of esters is 3. The molecule has 306 valence electrons. The van der Waals surface area contributed by atoms with Crippen LogP contribution in [0.15, 0.2) is 93.8 Å². The summed E-state index contributed by atoms with van der Waals surface area (Å²) in [6, 6.07) is 22.0. The maximum atomic E-state index is 12.9. The smallest absolute Gasteiger partial charge is 0.335 e. The Morgan fingerprint density at radius 3 is 1.98 bits per heavy atom. The zero-order valence-corrected chi connectivity index (χ0v) is 34.5. The van der Waals surface area contributed by atoms with Crippen molar-refractivity contribution in [3.8, 4) is 5.75 Å². The zero-order valence-electron chi connectivity index (χ0n) is 33.7. The van der Waals surface area contributed by atoms with Gasteiger partial charge in [-0.3, -0.25) is 14.4 Å². The number of nitrogens with zero attached hydrogens (tertiary/aromatic N) is 1. The number of hydrogen-bond acceptors (Lipinski definition) is 12. The number of unbranched alkanes of at least 4 members (excludes halogenated alkanes) is 5. The van der Waals surface area contributed by atoms with Gasteiger partial charge in [0.25, 0.3) is 0 Å². The van der Waals surface area contributed by atoms with Crippen LogP contribution in [-0.4, -0.2) is 55.2 Å². The third-order valence-electron chi connectivity index (χ3n) is 8.88. The van der Waals surface area contributed by atoms with E-state index in [0.29, 0.717) is 23.1 Å². The molecule has 0 saturated heterocycles. The Morgan fingerprint density at radius 1 is 0.702 bits per heavy atom. The molecule has 3 aromatic carbocycles. The van der Waals surface area contributed by atoms with E-state index in [0.717, 1.165) is 28.6 Å². The van der Waals surface area contributed by atoms with E-state index in [1.54, 1.807) is 68.1 Å². The standard InChI is InChI=1S/C45H55NO10S/c1-6-8-9-10-11-12-29-52-37-20-24-39(25-21-37)57-38-22-18-36(19-23-38)43(50)33(3)46-56-42(49)28-27-41(48)55-32-35-15-13-34(14-16-35)17-26-40(47)53-30-31-54-44(51)45(4,5)7-2/h13-26H,6-12,27-32H2,1-5H3/b26-17+,46-33+. The topological polar surface area (TPSA) is 144 Å². The van der Waals surface area contributed by atoms with Gasteiger partial charge in [0.05, 0.1) is 24.9 Å². The molecule has 3 rings (SSSR count). The van der Waals surface area contributed by atoms with Crippen LogP contribution in [0.25, 0.3) is 6.08 Å². The summed E-state index contributed by atoms with van der Waals surface area (Å²) < 4.78 is 21.3. The van der Waals surface area contributed by atoms with Gasteiger partial charge >= 0.3 is 23.9 Å². The zero-order chi connectivity index (χ0) is 41.5. The van der Waals surface area contributed by atoms with Gasteiger partial charge in [0.2, 0.25) is 5.78 Å². The Hall–Kier alpha value is -5.23. The molecule has 0 spiro atoms. The summed E-state index contributed by atoms with van der Waals surface area (Å²) in [4.78, 5) is 68.1. The number of carbonyl (C=O) groups excluding carboxylic acids is 5. The number of ether oxygens (including phenoxy) is 4. The number of oxime groups is 1. The van der Waals surface area contributed by atoms with Gasteiger partial charge in [-0.1, -0.05) is 87.1 Å². The fourth-order valence-electron chi connectivity index (χ4n) is 4.90. The Kier molecular flexibility index (Phi) is 20.3. The van der Waals surface area contributed by atoms with E-state index in [4.69, 9.17) is 23.8 Å². The summed E-state index contributed by atoms with van der Waals surface area (Å²) in [5.41, 5.74) is 1.22. The van der Waals surface area contributed by atoms with E-state index in [2.05, 4.69) is 12.1 Å². The van der Waals surface area contributed by atoms with Crippen molar-refractivity contribution in [3.05, 3.63) is 95.6 Å². The van der Waals surface area contributed by atoms with Crippen LogP contribution in [0.4, 0.5) is 0 Å². The minimum Gasteiger partial charge on any atom is -0.494 e. The lowest BCUT2D eigenvalue weighted by molar-refractivity contribution is -0.157. The average Bonchev–Trinajstić information content (AvgIpc) is 3.22. The predicted octanol–water partition coefficient (Wildman–Crippen LogP) is 9.74. The van der Waals surface area contributed by atoms with Crippen LogP contribution in [0, 0.1) is 5.41 Å². The molecule has 0 bridgehead atoms. The van der Waals surface area contributed by atoms with Gasteiger partial charge in [-0.2, -0.15) is 0 Å². The molecule has 0 radical (unpaired) electrons. The first-order valence-electron chi connectivity index (χ1n) is 19.5. The lowest BCUT2D eigenvalue weighted by Gasteiger charge is -2.20. The van der Waals surface area contributed by atoms with Crippen molar-refractivity contribution in [2.75, 3.05) is 19.8 Å². The van der Waals surface area contributed by atoms with Crippen LogP contribution in [0.2, 0.25) is 0 Å². The molecule has 0 saturated carbocycles. The Bertz CT molecular complexity index is 1800. The first-order valence-corrected chi connectivity index (χ1v) is 20.3. The van der Waals surface area contributed by atoms with Crippen LogP contribution in [0.3, 0.4) is 0 Å². The third-order valence-corrected chi connectivity index (χ3v) is 9.89. The van der Waals surface area contributed by atoms with Crippen LogP contribution >= 0.6 is 11.8 Å². The predicted molar refractivity (Wildman–Crippen MR) is 220 cm³/mol. The molecule has 11 nitrogen and oxygen atoms in total. The minimum atomic E-state index is -0.777. The number of benzene rings is 3. The molecule has 0 aromatic heterocycles. The molecule has 0 heterocycles. The molecule has 0 unspecified atom stereocenters. The SMILES string of the molecule is CCCCCCCCOc1ccc(Sc2ccc(C(=O)/C(C)=N/OC(=O)CCC(=O)OCc3ccc(/C=C/C(=O)OCCOC(=O)C(C)(C)CC)cc3)cc2)cc1. The first-order chi connectivity index (χ1) is 27.4. The normalized spacial score (nSPS) is 11.6. The van der Waals surface area contributed by atoms with E-state index < -0.39 is 29.1 Å². The maximum Gasteiger partial charge on any atom is 0.335 e. The third kappa shape index (κ3) is 18.1. The van der Waals surface area contributed by atoms with Gasteiger partial charge in [-0.05, 0) is 99.3 Å². The molecule has 0 N–H and O–H groups in total. The van der Waals surface area contributed by atoms with Gasteiger partial charge in [0.15, 0.2) is 0 Å². The Balaban J connectivity index is 1.31. The number of ketones is 1. The molecule has 3 aromatic rings. The van der Waals surface area contributed by atoms with Gasteiger partial charge in [0, 0.05) is 21.4 Å². The van der Waals surface area contributed by atoms with Crippen LogP contribution < -0.4 is 4.74 Å². The molecule has 0 aliphatic heterocycles. The van der Waals surface area contributed by atoms with Gasteiger partial charge in [-0.15, -0.1) is 0 Å². The second kappa shape index (κ2) is 25.1. The van der Waals surface area contributed by atoms with Crippen molar-refractivity contribution in [2.45, 2.75) is 109 Å². The minimum absolute atomic E-state index is 0.00708. The number of carbonyl (C=O) groups is 5. The monoisotopic (exact) mass is 801 g/mol. The van der Waals surface area contributed by atoms with Crippen molar-refractivity contribution < 1.29 is 47.8 Å². The average molecular weight is 802 g/mol. The van der Waals surface area contributed by atoms with Crippen LogP contribution in [-0.2, 0) is 44.8 Å². The van der Waals surface area contributed by atoms with Crippen molar-refractivity contribution in [2.24, 2.45) is 10.6 Å². The Morgan fingerprint density at radius 2 is 1.32 bits per heavy atom. The maximum absolute atomic E-state index is 12.9. The Labute approximate surface area is 340 Å². The molecule has 0 aliphatic rings. The van der Waals surface area contributed by atoms with E-state index in [1.165, 1.54) is 45.1 Å². The molecule has 0 aliphatic carbocycles.